The zero-order valence-corrected chi connectivity index (χ0v) is 14.1. The van der Waals surface area contributed by atoms with Crippen molar-refractivity contribution in [3.8, 4) is 11.5 Å². The molecule has 0 spiro atoms. The Morgan fingerprint density at radius 1 is 1.17 bits per heavy atom. The molecule has 3 N–H and O–H groups in total. The normalized spacial score (nSPS) is 13.8. The van der Waals surface area contributed by atoms with Gasteiger partial charge in [-0.25, -0.2) is 9.59 Å². The first-order valence-electron chi connectivity index (χ1n) is 7.97. The Morgan fingerprint density at radius 3 is 2.29 bits per heavy atom. The SMILES string of the molecule is CCOc1cc(CNC2CCCC2)ccc1OC.O=C(O)C(=O)O. The van der Waals surface area contributed by atoms with Gasteiger partial charge in [0.05, 0.1) is 13.7 Å². The van der Waals surface area contributed by atoms with Gasteiger partial charge in [-0.3, -0.25) is 0 Å². The lowest BCUT2D eigenvalue weighted by molar-refractivity contribution is -0.159. The van der Waals surface area contributed by atoms with Gasteiger partial charge in [0, 0.05) is 12.6 Å². The lowest BCUT2D eigenvalue weighted by Crippen LogP contribution is -2.25. The van der Waals surface area contributed by atoms with E-state index in [1.165, 1.54) is 31.2 Å². The summed E-state index contributed by atoms with van der Waals surface area (Å²) in [6.07, 6.45) is 5.36. The maximum absolute atomic E-state index is 9.10. The third-order valence-electron chi connectivity index (χ3n) is 3.66. The summed E-state index contributed by atoms with van der Waals surface area (Å²) in [7, 11) is 1.67. The van der Waals surface area contributed by atoms with E-state index in [-0.39, 0.29) is 0 Å². The van der Waals surface area contributed by atoms with E-state index >= 15 is 0 Å². The van der Waals surface area contributed by atoms with Crippen LogP contribution in [0.5, 0.6) is 11.5 Å². The van der Waals surface area contributed by atoms with Gasteiger partial charge in [-0.15, -0.1) is 0 Å². The van der Waals surface area contributed by atoms with Gasteiger partial charge in [0.2, 0.25) is 0 Å². The highest BCUT2D eigenvalue weighted by Gasteiger charge is 2.14. The van der Waals surface area contributed by atoms with Gasteiger partial charge in [0.25, 0.3) is 0 Å². The molecule has 1 aromatic rings. The summed E-state index contributed by atoms with van der Waals surface area (Å²) in [6, 6.07) is 6.85. The lowest BCUT2D eigenvalue weighted by atomic mass is 10.1. The number of carbonyl (C=O) groups is 2. The Morgan fingerprint density at radius 2 is 1.79 bits per heavy atom. The van der Waals surface area contributed by atoms with Crippen molar-refractivity contribution in [3.63, 3.8) is 0 Å². The molecule has 1 aliphatic carbocycles. The first-order valence-corrected chi connectivity index (χ1v) is 7.97. The van der Waals surface area contributed by atoms with Crippen LogP contribution in [0.1, 0.15) is 38.2 Å². The molecule has 0 unspecified atom stereocenters. The Bertz CT molecular complexity index is 528. The third kappa shape index (κ3) is 6.87. The number of aliphatic carboxylic acids is 2. The molecule has 0 aliphatic heterocycles. The lowest BCUT2D eigenvalue weighted by Gasteiger charge is -2.14. The Kier molecular flexibility index (Phi) is 8.64. The van der Waals surface area contributed by atoms with Crippen molar-refractivity contribution in [2.24, 2.45) is 0 Å². The maximum Gasteiger partial charge on any atom is 0.414 e. The summed E-state index contributed by atoms with van der Waals surface area (Å²) in [5, 5.41) is 18.4. The van der Waals surface area contributed by atoms with Crippen LogP contribution < -0.4 is 14.8 Å². The van der Waals surface area contributed by atoms with E-state index in [0.29, 0.717) is 12.6 Å². The highest BCUT2D eigenvalue weighted by molar-refractivity contribution is 6.27. The number of rotatable bonds is 6. The molecule has 1 aliphatic rings. The summed E-state index contributed by atoms with van der Waals surface area (Å²) in [5.74, 6) is -2.00. The van der Waals surface area contributed by atoms with Gasteiger partial charge in [-0.1, -0.05) is 18.9 Å². The molecule has 0 amide bonds. The summed E-state index contributed by atoms with van der Waals surface area (Å²) < 4.78 is 10.9. The first kappa shape index (κ1) is 19.8. The number of hydrogen-bond acceptors (Lipinski definition) is 5. The second-order valence-electron chi connectivity index (χ2n) is 5.39. The maximum atomic E-state index is 9.10. The molecule has 1 fully saturated rings. The first-order chi connectivity index (χ1) is 11.5. The van der Waals surface area contributed by atoms with Crippen molar-refractivity contribution in [1.82, 2.24) is 5.32 Å². The van der Waals surface area contributed by atoms with E-state index < -0.39 is 11.9 Å². The number of nitrogens with one attached hydrogen (secondary N) is 1. The number of ether oxygens (including phenoxy) is 2. The predicted molar refractivity (Wildman–Crippen MR) is 88.5 cm³/mol. The molecular formula is C17H25NO6. The van der Waals surface area contributed by atoms with E-state index in [2.05, 4.69) is 17.4 Å². The van der Waals surface area contributed by atoms with Crippen molar-refractivity contribution in [1.29, 1.82) is 0 Å². The summed E-state index contributed by atoms with van der Waals surface area (Å²) >= 11 is 0. The van der Waals surface area contributed by atoms with E-state index in [1.807, 2.05) is 13.0 Å². The highest BCUT2D eigenvalue weighted by Crippen LogP contribution is 2.28. The Balaban J connectivity index is 0.000000413. The van der Waals surface area contributed by atoms with Crippen LogP contribution >= 0.6 is 0 Å². The molecule has 7 heteroatoms. The number of benzene rings is 1. The molecule has 7 nitrogen and oxygen atoms in total. The molecule has 1 aromatic carbocycles. The summed E-state index contributed by atoms with van der Waals surface area (Å²) in [5.41, 5.74) is 1.26. The summed E-state index contributed by atoms with van der Waals surface area (Å²) in [4.78, 5) is 18.2. The molecular weight excluding hydrogens is 314 g/mol. The minimum absolute atomic E-state index is 0.663. The number of carboxylic acids is 2. The quantitative estimate of drug-likeness (QED) is 0.683. The van der Waals surface area contributed by atoms with Crippen LogP contribution in [0.2, 0.25) is 0 Å². The fourth-order valence-electron chi connectivity index (χ4n) is 2.49. The fourth-order valence-corrected chi connectivity index (χ4v) is 2.49. The number of methoxy groups -OCH3 is 1. The zero-order valence-electron chi connectivity index (χ0n) is 14.1. The van der Waals surface area contributed by atoms with Crippen molar-refractivity contribution in [3.05, 3.63) is 23.8 Å². The Hall–Kier alpha value is -2.28. The minimum Gasteiger partial charge on any atom is -0.493 e. The molecule has 0 saturated heterocycles. The van der Waals surface area contributed by atoms with E-state index in [4.69, 9.17) is 29.3 Å². The monoisotopic (exact) mass is 339 g/mol. The molecule has 24 heavy (non-hydrogen) atoms. The van der Waals surface area contributed by atoms with Crippen LogP contribution in [0, 0.1) is 0 Å². The second kappa shape index (κ2) is 10.5. The Labute approximate surface area is 141 Å². The molecule has 0 radical (unpaired) electrons. The van der Waals surface area contributed by atoms with Gasteiger partial charge >= 0.3 is 11.9 Å². The standard InChI is InChI=1S/C15H23NO2.C2H2O4/c1-3-18-15-10-12(8-9-14(15)17-2)11-16-13-6-4-5-7-13;3-1(4)2(5)6/h8-10,13,16H,3-7,11H2,1-2H3;(H,3,4)(H,5,6). The van der Waals surface area contributed by atoms with Crippen LogP contribution in [0.25, 0.3) is 0 Å². The molecule has 0 atom stereocenters. The second-order valence-corrected chi connectivity index (χ2v) is 5.39. The van der Waals surface area contributed by atoms with Crippen molar-refractivity contribution < 1.29 is 29.3 Å². The average molecular weight is 339 g/mol. The highest BCUT2D eigenvalue weighted by atomic mass is 16.5. The topological polar surface area (TPSA) is 105 Å². The minimum atomic E-state index is -1.82. The van der Waals surface area contributed by atoms with Crippen molar-refractivity contribution in [2.75, 3.05) is 13.7 Å². The molecule has 0 bridgehead atoms. The van der Waals surface area contributed by atoms with Crippen molar-refractivity contribution in [2.45, 2.75) is 45.2 Å². The van der Waals surface area contributed by atoms with E-state index in [1.54, 1.807) is 7.11 Å². The predicted octanol–water partition coefficient (Wildman–Crippen LogP) is 2.28. The molecule has 1 saturated carbocycles. The van der Waals surface area contributed by atoms with Crippen LogP contribution in [-0.4, -0.2) is 41.9 Å². The van der Waals surface area contributed by atoms with Gasteiger partial charge in [-0.05, 0) is 37.5 Å². The largest absolute Gasteiger partial charge is 0.493 e. The number of hydrogen-bond donors (Lipinski definition) is 3. The smallest absolute Gasteiger partial charge is 0.414 e. The molecule has 134 valence electrons. The van der Waals surface area contributed by atoms with Crippen LogP contribution in [-0.2, 0) is 16.1 Å². The zero-order chi connectivity index (χ0) is 17.9. The van der Waals surface area contributed by atoms with Crippen LogP contribution in [0.4, 0.5) is 0 Å². The van der Waals surface area contributed by atoms with Gasteiger partial charge in [0.15, 0.2) is 11.5 Å². The summed E-state index contributed by atoms with van der Waals surface area (Å²) in [6.45, 7) is 3.56. The van der Waals surface area contributed by atoms with Crippen LogP contribution in [0.15, 0.2) is 18.2 Å². The molecule has 2 rings (SSSR count). The van der Waals surface area contributed by atoms with Gasteiger partial charge < -0.3 is 25.0 Å². The molecule has 0 aromatic heterocycles. The average Bonchev–Trinajstić information content (AvgIpc) is 3.07. The van der Waals surface area contributed by atoms with Gasteiger partial charge in [0.1, 0.15) is 0 Å². The van der Waals surface area contributed by atoms with Gasteiger partial charge in [-0.2, -0.15) is 0 Å². The van der Waals surface area contributed by atoms with Crippen LogP contribution in [0.3, 0.4) is 0 Å². The number of carboxylic acid groups (broad SMARTS) is 2. The van der Waals surface area contributed by atoms with Crippen molar-refractivity contribution >= 4 is 11.9 Å². The third-order valence-corrected chi connectivity index (χ3v) is 3.66. The van der Waals surface area contributed by atoms with E-state index in [0.717, 1.165) is 18.0 Å². The fraction of sp³-hybridized carbons (Fsp3) is 0.529. The molecule has 0 heterocycles. The van der Waals surface area contributed by atoms with E-state index in [9.17, 15) is 0 Å².